The molecule has 1 N–H and O–H groups in total. The van der Waals surface area contributed by atoms with Gasteiger partial charge in [-0.2, -0.15) is 0 Å². The van der Waals surface area contributed by atoms with E-state index in [1.807, 2.05) is 0 Å². The predicted molar refractivity (Wildman–Crippen MR) is 78.7 cm³/mol. The third kappa shape index (κ3) is 3.51. The second-order valence-corrected chi connectivity index (χ2v) is 5.12. The SMILES string of the molecule is O=C(Nc1cccc(Cl)c1Cl)c1cc(Cl)nc(Cl)c1. The quantitative estimate of drug-likeness (QED) is 0.789. The average Bonchev–Trinajstić information content (AvgIpc) is 2.33. The average molecular weight is 336 g/mol. The zero-order valence-corrected chi connectivity index (χ0v) is 12.3. The molecular weight excluding hydrogens is 330 g/mol. The molecule has 0 fully saturated rings. The number of nitrogens with one attached hydrogen (secondary N) is 1. The Morgan fingerprint density at radius 3 is 2.32 bits per heavy atom. The van der Waals surface area contributed by atoms with Gasteiger partial charge < -0.3 is 5.32 Å². The van der Waals surface area contributed by atoms with Crippen LogP contribution in [0, 0.1) is 0 Å². The summed E-state index contributed by atoms with van der Waals surface area (Å²) in [6.07, 6.45) is 0. The van der Waals surface area contributed by atoms with Crippen LogP contribution in [0.25, 0.3) is 0 Å². The lowest BCUT2D eigenvalue weighted by Gasteiger charge is -2.08. The molecule has 2 rings (SSSR count). The first kappa shape index (κ1) is 14.4. The summed E-state index contributed by atoms with van der Waals surface area (Å²) in [7, 11) is 0. The smallest absolute Gasteiger partial charge is 0.255 e. The van der Waals surface area contributed by atoms with Crippen LogP contribution in [0.4, 0.5) is 5.69 Å². The summed E-state index contributed by atoms with van der Waals surface area (Å²) in [5.41, 5.74) is 0.685. The van der Waals surface area contributed by atoms with Gasteiger partial charge in [-0.05, 0) is 24.3 Å². The number of halogens is 4. The molecule has 0 bridgehead atoms. The van der Waals surface area contributed by atoms with E-state index in [1.165, 1.54) is 12.1 Å². The van der Waals surface area contributed by atoms with Crippen molar-refractivity contribution in [2.24, 2.45) is 0 Å². The zero-order chi connectivity index (χ0) is 14.0. The molecule has 0 radical (unpaired) electrons. The summed E-state index contributed by atoms with van der Waals surface area (Å²) in [5.74, 6) is -0.407. The van der Waals surface area contributed by atoms with Gasteiger partial charge >= 0.3 is 0 Å². The molecule has 1 aromatic heterocycles. The number of rotatable bonds is 2. The Hall–Kier alpha value is -1.00. The molecule has 0 spiro atoms. The molecule has 0 atom stereocenters. The number of amides is 1. The van der Waals surface area contributed by atoms with Crippen LogP contribution in [0.15, 0.2) is 30.3 Å². The molecule has 0 aliphatic rings. The molecule has 19 heavy (non-hydrogen) atoms. The number of carbonyl (C=O) groups is 1. The fraction of sp³-hybridized carbons (Fsp3) is 0. The monoisotopic (exact) mass is 334 g/mol. The number of hydrogen-bond donors (Lipinski definition) is 1. The highest BCUT2D eigenvalue weighted by Gasteiger charge is 2.12. The van der Waals surface area contributed by atoms with Gasteiger partial charge in [0.1, 0.15) is 10.3 Å². The Bertz CT molecular complexity index is 625. The normalized spacial score (nSPS) is 10.3. The largest absolute Gasteiger partial charge is 0.321 e. The van der Waals surface area contributed by atoms with Gasteiger partial charge in [0, 0.05) is 5.56 Å². The summed E-state index contributed by atoms with van der Waals surface area (Å²) in [4.78, 5) is 15.8. The predicted octanol–water partition coefficient (Wildman–Crippen LogP) is 4.95. The minimum absolute atomic E-state index is 0.134. The fourth-order valence-corrected chi connectivity index (χ4v) is 2.20. The van der Waals surface area contributed by atoms with Crippen molar-refractivity contribution in [3.63, 3.8) is 0 Å². The molecule has 1 amide bonds. The molecule has 0 aliphatic carbocycles. The van der Waals surface area contributed by atoms with Crippen molar-refractivity contribution in [2.75, 3.05) is 5.32 Å². The Balaban J connectivity index is 2.28. The number of nitrogens with zero attached hydrogens (tertiary/aromatic N) is 1. The highest BCUT2D eigenvalue weighted by molar-refractivity contribution is 6.44. The first-order chi connectivity index (χ1) is 8.97. The van der Waals surface area contributed by atoms with Crippen LogP contribution in [-0.4, -0.2) is 10.9 Å². The van der Waals surface area contributed by atoms with Crippen molar-refractivity contribution < 1.29 is 4.79 Å². The van der Waals surface area contributed by atoms with Crippen LogP contribution in [0.5, 0.6) is 0 Å². The van der Waals surface area contributed by atoms with Gasteiger partial charge in [0.2, 0.25) is 0 Å². The summed E-state index contributed by atoms with van der Waals surface area (Å²) in [5, 5.41) is 3.51. The molecule has 0 saturated heterocycles. The summed E-state index contributed by atoms with van der Waals surface area (Å²) < 4.78 is 0. The third-order valence-electron chi connectivity index (χ3n) is 2.22. The van der Waals surface area contributed by atoms with Crippen molar-refractivity contribution >= 4 is 58.0 Å². The molecule has 0 saturated carbocycles. The van der Waals surface area contributed by atoms with Gasteiger partial charge in [-0.1, -0.05) is 52.5 Å². The summed E-state index contributed by atoms with van der Waals surface area (Å²) >= 11 is 23.3. The van der Waals surface area contributed by atoms with E-state index in [0.29, 0.717) is 10.7 Å². The first-order valence-corrected chi connectivity index (χ1v) is 6.57. The maximum Gasteiger partial charge on any atom is 0.255 e. The molecule has 7 heteroatoms. The van der Waals surface area contributed by atoms with Gasteiger partial charge in [-0.3, -0.25) is 4.79 Å². The number of aromatic nitrogens is 1. The Morgan fingerprint density at radius 1 is 1.05 bits per heavy atom. The van der Waals surface area contributed by atoms with Gasteiger partial charge in [-0.15, -0.1) is 0 Å². The second kappa shape index (κ2) is 5.97. The van der Waals surface area contributed by atoms with Crippen LogP contribution in [-0.2, 0) is 0 Å². The summed E-state index contributed by atoms with van der Waals surface area (Å²) in [6, 6.07) is 7.75. The third-order valence-corrected chi connectivity index (χ3v) is 3.43. The van der Waals surface area contributed by atoms with Gasteiger partial charge in [0.05, 0.1) is 15.7 Å². The van der Waals surface area contributed by atoms with E-state index < -0.39 is 5.91 Å². The molecule has 0 unspecified atom stereocenters. The van der Waals surface area contributed by atoms with Crippen molar-refractivity contribution in [1.29, 1.82) is 0 Å². The molecule has 3 nitrogen and oxygen atoms in total. The molecular formula is C12H6Cl4N2O. The topological polar surface area (TPSA) is 42.0 Å². The van der Waals surface area contributed by atoms with E-state index in [0.717, 1.165) is 0 Å². The Morgan fingerprint density at radius 2 is 1.68 bits per heavy atom. The van der Waals surface area contributed by atoms with E-state index in [1.54, 1.807) is 18.2 Å². The van der Waals surface area contributed by atoms with E-state index in [-0.39, 0.29) is 20.9 Å². The van der Waals surface area contributed by atoms with Crippen LogP contribution < -0.4 is 5.32 Å². The number of pyridine rings is 1. The molecule has 98 valence electrons. The standard InChI is InChI=1S/C12H6Cl4N2O/c13-7-2-1-3-8(11(7)16)17-12(19)6-4-9(14)18-10(15)5-6/h1-5H,(H,17,19). The highest BCUT2D eigenvalue weighted by Crippen LogP contribution is 2.30. The minimum atomic E-state index is -0.407. The molecule has 1 aromatic carbocycles. The first-order valence-electron chi connectivity index (χ1n) is 5.06. The highest BCUT2D eigenvalue weighted by atomic mass is 35.5. The van der Waals surface area contributed by atoms with Crippen LogP contribution in [0.3, 0.4) is 0 Å². The van der Waals surface area contributed by atoms with E-state index in [9.17, 15) is 4.79 Å². The van der Waals surface area contributed by atoms with E-state index in [2.05, 4.69) is 10.3 Å². The van der Waals surface area contributed by atoms with Gasteiger partial charge in [0.15, 0.2) is 0 Å². The Kier molecular flexibility index (Phi) is 4.53. The van der Waals surface area contributed by atoms with Crippen molar-refractivity contribution in [2.45, 2.75) is 0 Å². The zero-order valence-electron chi connectivity index (χ0n) is 9.25. The maximum absolute atomic E-state index is 12.0. The summed E-state index contributed by atoms with van der Waals surface area (Å²) in [6.45, 7) is 0. The lowest BCUT2D eigenvalue weighted by atomic mass is 10.2. The maximum atomic E-state index is 12.0. The van der Waals surface area contributed by atoms with Crippen LogP contribution >= 0.6 is 46.4 Å². The van der Waals surface area contributed by atoms with Crippen LogP contribution in [0.2, 0.25) is 20.4 Å². The lowest BCUT2D eigenvalue weighted by molar-refractivity contribution is 0.102. The van der Waals surface area contributed by atoms with Gasteiger partial charge in [-0.25, -0.2) is 4.98 Å². The molecule has 2 aromatic rings. The van der Waals surface area contributed by atoms with Crippen LogP contribution in [0.1, 0.15) is 10.4 Å². The van der Waals surface area contributed by atoms with E-state index >= 15 is 0 Å². The Labute approximate surface area is 129 Å². The van der Waals surface area contributed by atoms with E-state index in [4.69, 9.17) is 46.4 Å². The number of hydrogen-bond acceptors (Lipinski definition) is 2. The minimum Gasteiger partial charge on any atom is -0.321 e. The van der Waals surface area contributed by atoms with Crippen molar-refractivity contribution in [3.05, 3.63) is 56.2 Å². The number of benzene rings is 1. The fourth-order valence-electron chi connectivity index (χ4n) is 1.39. The molecule has 1 heterocycles. The van der Waals surface area contributed by atoms with Crippen molar-refractivity contribution in [1.82, 2.24) is 4.98 Å². The van der Waals surface area contributed by atoms with Gasteiger partial charge in [0.25, 0.3) is 5.91 Å². The number of carbonyl (C=O) groups excluding carboxylic acids is 1. The van der Waals surface area contributed by atoms with Crippen molar-refractivity contribution in [3.8, 4) is 0 Å². The second-order valence-electron chi connectivity index (χ2n) is 3.56. The molecule has 0 aliphatic heterocycles. The lowest BCUT2D eigenvalue weighted by Crippen LogP contribution is -2.12. The number of anilines is 1.